The molecule has 0 spiro atoms. The van der Waals surface area contributed by atoms with Crippen LogP contribution < -0.4 is 21.3 Å². The number of nitrogens with zero attached hydrogens (tertiary/aromatic N) is 1. The molecule has 2 atom stereocenters. The van der Waals surface area contributed by atoms with Gasteiger partial charge in [-0.2, -0.15) is 0 Å². The van der Waals surface area contributed by atoms with E-state index < -0.39 is 29.8 Å². The van der Waals surface area contributed by atoms with Crippen LogP contribution in [0.3, 0.4) is 0 Å². The van der Waals surface area contributed by atoms with Crippen molar-refractivity contribution in [1.82, 2.24) is 31.2 Å². The fourth-order valence-electron chi connectivity index (χ4n) is 2.30. The average Bonchev–Trinajstić information content (AvgIpc) is 3.16. The highest BCUT2D eigenvalue weighted by atomic mass is 32.2. The molecule has 5 N–H and O–H groups in total. The minimum Gasteiger partial charge on any atom is -0.357 e. The van der Waals surface area contributed by atoms with E-state index >= 15 is 0 Å². The molecule has 0 saturated heterocycles. The molecule has 0 aliphatic rings. The minimum atomic E-state index is -0.880. The molecule has 160 valence electrons. The smallest absolute Gasteiger partial charge is 0.243 e. The van der Waals surface area contributed by atoms with Gasteiger partial charge in [0.1, 0.15) is 12.1 Å². The van der Waals surface area contributed by atoms with E-state index in [1.807, 2.05) is 0 Å². The maximum atomic E-state index is 12.7. The average molecular weight is 426 g/mol. The maximum Gasteiger partial charge on any atom is 0.243 e. The zero-order valence-corrected chi connectivity index (χ0v) is 17.4. The van der Waals surface area contributed by atoms with Crippen LogP contribution in [0, 0.1) is 0 Å². The van der Waals surface area contributed by atoms with Gasteiger partial charge in [-0.25, -0.2) is 4.98 Å². The topological polar surface area (TPSA) is 162 Å². The Labute approximate surface area is 172 Å². The fourth-order valence-corrected chi connectivity index (χ4v) is 3.21. The molecule has 1 rings (SSSR count). The van der Waals surface area contributed by atoms with Gasteiger partial charge in [-0.05, 0) is 0 Å². The Morgan fingerprint density at radius 2 is 1.83 bits per heavy atom. The summed E-state index contributed by atoms with van der Waals surface area (Å²) in [6.07, 6.45) is 3.20. The minimum absolute atomic E-state index is 0.0132. The van der Waals surface area contributed by atoms with Gasteiger partial charge in [-0.3, -0.25) is 24.0 Å². The van der Waals surface area contributed by atoms with Gasteiger partial charge in [0, 0.05) is 57.9 Å². The molecular formula is C17H26N6O5S. The lowest BCUT2D eigenvalue weighted by Crippen LogP contribution is -2.47. The number of H-pyrrole nitrogens is 1. The van der Waals surface area contributed by atoms with Gasteiger partial charge in [0.2, 0.25) is 28.7 Å². The van der Waals surface area contributed by atoms with Crippen LogP contribution in [-0.4, -0.2) is 70.1 Å². The summed E-state index contributed by atoms with van der Waals surface area (Å²) in [7, 11) is 1.43. The summed E-state index contributed by atoms with van der Waals surface area (Å²) in [4.78, 5) is 65.6. The van der Waals surface area contributed by atoms with Crippen molar-refractivity contribution in [2.75, 3.05) is 19.3 Å². The SMILES string of the molecule is CNC(=O)C(CSC(=O)C(Cc1cnc[nH]1)NC(=O)CCNC(C)=O)NC(C)=O. The van der Waals surface area contributed by atoms with E-state index in [2.05, 4.69) is 31.2 Å². The Morgan fingerprint density at radius 1 is 1.10 bits per heavy atom. The van der Waals surface area contributed by atoms with Crippen LogP contribution >= 0.6 is 11.8 Å². The van der Waals surface area contributed by atoms with Crippen molar-refractivity contribution in [2.24, 2.45) is 0 Å². The van der Waals surface area contributed by atoms with Crippen LogP contribution in [0.1, 0.15) is 26.0 Å². The summed E-state index contributed by atoms with van der Waals surface area (Å²) in [5.41, 5.74) is 0.649. The number of thioether (sulfide) groups is 1. The molecule has 1 aromatic heterocycles. The van der Waals surface area contributed by atoms with Gasteiger partial charge in [0.25, 0.3) is 0 Å². The van der Waals surface area contributed by atoms with Crippen LogP contribution in [0.2, 0.25) is 0 Å². The number of nitrogens with one attached hydrogen (secondary N) is 5. The Balaban J connectivity index is 2.73. The number of imidazole rings is 1. The van der Waals surface area contributed by atoms with Crippen molar-refractivity contribution in [3.05, 3.63) is 18.2 Å². The Morgan fingerprint density at radius 3 is 2.38 bits per heavy atom. The Hall–Kier alpha value is -2.89. The Bertz CT molecular complexity index is 724. The molecule has 0 fully saturated rings. The fraction of sp³-hybridized carbons (Fsp3) is 0.529. The van der Waals surface area contributed by atoms with Gasteiger partial charge in [0.05, 0.1) is 6.33 Å². The van der Waals surface area contributed by atoms with Crippen LogP contribution in [0.5, 0.6) is 0 Å². The third-order valence-corrected chi connectivity index (χ3v) is 4.73. The van der Waals surface area contributed by atoms with Gasteiger partial charge >= 0.3 is 0 Å². The molecule has 0 aliphatic carbocycles. The number of likely N-dealkylation sites (N-methyl/N-ethyl adjacent to an activating group) is 1. The number of hydrogen-bond donors (Lipinski definition) is 5. The lowest BCUT2D eigenvalue weighted by Gasteiger charge is -2.19. The van der Waals surface area contributed by atoms with Gasteiger partial charge in [-0.15, -0.1) is 0 Å². The van der Waals surface area contributed by atoms with Gasteiger partial charge in [-0.1, -0.05) is 11.8 Å². The summed E-state index contributed by atoms with van der Waals surface area (Å²) >= 11 is 0.838. The number of rotatable bonds is 11. The molecule has 11 nitrogen and oxygen atoms in total. The highest BCUT2D eigenvalue weighted by molar-refractivity contribution is 8.13. The highest BCUT2D eigenvalue weighted by Crippen LogP contribution is 2.12. The van der Waals surface area contributed by atoms with Gasteiger partial charge < -0.3 is 26.3 Å². The molecule has 1 aromatic rings. The predicted molar refractivity (Wildman–Crippen MR) is 107 cm³/mol. The first kappa shape index (κ1) is 24.1. The van der Waals surface area contributed by atoms with Crippen LogP contribution in [-0.2, 0) is 30.4 Å². The molecule has 0 radical (unpaired) electrons. The molecule has 0 bridgehead atoms. The Kier molecular flexibility index (Phi) is 10.4. The van der Waals surface area contributed by atoms with Crippen LogP contribution in [0.15, 0.2) is 12.5 Å². The first-order valence-electron chi connectivity index (χ1n) is 8.89. The quantitative estimate of drug-likeness (QED) is 0.287. The molecule has 0 aromatic carbocycles. The first-order valence-corrected chi connectivity index (χ1v) is 9.87. The molecule has 2 unspecified atom stereocenters. The van der Waals surface area contributed by atoms with E-state index in [0.717, 1.165) is 11.8 Å². The van der Waals surface area contributed by atoms with Crippen LogP contribution in [0.25, 0.3) is 0 Å². The van der Waals surface area contributed by atoms with Gasteiger partial charge in [0.15, 0.2) is 0 Å². The van der Waals surface area contributed by atoms with E-state index in [9.17, 15) is 24.0 Å². The second-order valence-electron chi connectivity index (χ2n) is 6.13. The normalized spacial score (nSPS) is 12.4. The van der Waals surface area contributed by atoms with Crippen molar-refractivity contribution < 1.29 is 24.0 Å². The largest absolute Gasteiger partial charge is 0.357 e. The highest BCUT2D eigenvalue weighted by Gasteiger charge is 2.25. The van der Waals surface area contributed by atoms with E-state index in [1.165, 1.54) is 27.2 Å². The van der Waals surface area contributed by atoms with Crippen LogP contribution in [0.4, 0.5) is 0 Å². The van der Waals surface area contributed by atoms with Crippen molar-refractivity contribution in [3.63, 3.8) is 0 Å². The molecular weight excluding hydrogens is 400 g/mol. The first-order chi connectivity index (χ1) is 13.7. The molecule has 0 aliphatic heterocycles. The third-order valence-electron chi connectivity index (χ3n) is 3.66. The number of carbonyl (C=O) groups is 5. The standard InChI is InChI=1S/C17H26N6O5S/c1-10(24)20-5-4-15(26)23-13(6-12-7-19-9-21-12)17(28)29-8-14(16(27)18-3)22-11(2)25/h7,9,13-14H,4-6,8H2,1-3H3,(H,18,27)(H,19,21)(H,20,24)(H,22,25)(H,23,26). The number of amides is 4. The monoisotopic (exact) mass is 426 g/mol. The molecule has 1 heterocycles. The summed E-state index contributed by atoms with van der Waals surface area (Å²) in [5, 5.41) is 9.69. The number of aromatic nitrogens is 2. The molecule has 29 heavy (non-hydrogen) atoms. The number of aromatic amines is 1. The predicted octanol–water partition coefficient (Wildman–Crippen LogP) is -1.53. The lowest BCUT2D eigenvalue weighted by molar-refractivity contribution is -0.127. The van der Waals surface area contributed by atoms with E-state index in [4.69, 9.17) is 0 Å². The zero-order chi connectivity index (χ0) is 21.8. The molecule has 4 amide bonds. The summed E-state index contributed by atoms with van der Waals surface area (Å²) in [6, 6.07) is -1.75. The second kappa shape index (κ2) is 12.5. The summed E-state index contributed by atoms with van der Waals surface area (Å²) in [5.74, 6) is -1.46. The maximum absolute atomic E-state index is 12.7. The van der Waals surface area contributed by atoms with Crippen molar-refractivity contribution in [3.8, 4) is 0 Å². The number of carbonyl (C=O) groups excluding carboxylic acids is 5. The van der Waals surface area contributed by atoms with Crippen molar-refractivity contribution >= 4 is 40.5 Å². The second-order valence-corrected chi connectivity index (χ2v) is 7.16. The number of hydrogen-bond acceptors (Lipinski definition) is 7. The zero-order valence-electron chi connectivity index (χ0n) is 16.5. The van der Waals surface area contributed by atoms with E-state index in [-0.39, 0.29) is 36.2 Å². The van der Waals surface area contributed by atoms with Crippen molar-refractivity contribution in [2.45, 2.75) is 38.8 Å². The molecule has 12 heteroatoms. The van der Waals surface area contributed by atoms with E-state index in [0.29, 0.717) is 5.69 Å². The summed E-state index contributed by atoms with van der Waals surface area (Å²) < 4.78 is 0. The molecule has 0 saturated carbocycles. The lowest BCUT2D eigenvalue weighted by atomic mass is 10.2. The van der Waals surface area contributed by atoms with E-state index in [1.54, 1.807) is 6.20 Å². The third kappa shape index (κ3) is 9.74. The summed E-state index contributed by atoms with van der Waals surface area (Å²) in [6.45, 7) is 2.77. The van der Waals surface area contributed by atoms with Crippen molar-refractivity contribution in [1.29, 1.82) is 0 Å².